The Morgan fingerprint density at radius 3 is 2.59 bits per heavy atom. The van der Waals surface area contributed by atoms with Crippen LogP contribution in [0.3, 0.4) is 0 Å². The number of hydrogen-bond donors (Lipinski definition) is 1. The quantitative estimate of drug-likeness (QED) is 0.822. The lowest BCUT2D eigenvalue weighted by Crippen LogP contribution is -2.25. The molecule has 17 heavy (non-hydrogen) atoms. The van der Waals surface area contributed by atoms with Gasteiger partial charge in [-0.1, -0.05) is 0 Å². The van der Waals surface area contributed by atoms with Crippen LogP contribution in [-0.4, -0.2) is 17.9 Å². The highest BCUT2D eigenvalue weighted by Gasteiger charge is 2.11. The van der Waals surface area contributed by atoms with Gasteiger partial charge in [-0.15, -0.1) is 0 Å². The topological polar surface area (TPSA) is 59.5 Å². The summed E-state index contributed by atoms with van der Waals surface area (Å²) in [7, 11) is 1.76. The molecule has 2 rings (SSSR count). The first-order valence-electron chi connectivity index (χ1n) is 5.29. The highest BCUT2D eigenvalue weighted by Crippen LogP contribution is 2.10. The van der Waals surface area contributed by atoms with Gasteiger partial charge in [0.2, 0.25) is 0 Å². The van der Waals surface area contributed by atoms with Crippen LogP contribution < -0.4 is 5.73 Å². The van der Waals surface area contributed by atoms with Crippen molar-refractivity contribution in [1.29, 1.82) is 0 Å². The summed E-state index contributed by atoms with van der Waals surface area (Å²) in [6.07, 6.45) is 3.23. The molecule has 0 atom stereocenters. The number of benzene rings is 1. The summed E-state index contributed by atoms with van der Waals surface area (Å²) in [4.78, 5) is 13.7. The molecule has 0 fully saturated rings. The fraction of sp³-hybridized carbons (Fsp3) is 0.154. The van der Waals surface area contributed by atoms with Gasteiger partial charge in [0.1, 0.15) is 0 Å². The van der Waals surface area contributed by atoms with Gasteiger partial charge in [0.05, 0.1) is 12.5 Å². The lowest BCUT2D eigenvalue weighted by Gasteiger charge is -2.16. The average molecular weight is 230 g/mol. The molecule has 1 heterocycles. The number of carbonyl (C=O) groups excluding carboxylic acids is 1. The fourth-order valence-corrected chi connectivity index (χ4v) is 1.57. The number of nitrogen functional groups attached to an aromatic ring is 1. The molecule has 0 spiro atoms. The zero-order valence-corrected chi connectivity index (χ0v) is 9.59. The van der Waals surface area contributed by atoms with Crippen LogP contribution in [0.15, 0.2) is 47.3 Å². The van der Waals surface area contributed by atoms with Crippen LogP contribution in [0.1, 0.15) is 15.9 Å². The van der Waals surface area contributed by atoms with E-state index in [2.05, 4.69) is 0 Å². The van der Waals surface area contributed by atoms with Gasteiger partial charge in [-0.25, -0.2) is 0 Å². The molecule has 4 nitrogen and oxygen atoms in total. The van der Waals surface area contributed by atoms with Crippen LogP contribution in [0.25, 0.3) is 0 Å². The molecule has 0 radical (unpaired) electrons. The molecule has 0 bridgehead atoms. The van der Waals surface area contributed by atoms with Gasteiger partial charge in [0.15, 0.2) is 0 Å². The second-order valence-electron chi connectivity index (χ2n) is 3.91. The second-order valence-corrected chi connectivity index (χ2v) is 3.91. The molecule has 1 aromatic carbocycles. The van der Waals surface area contributed by atoms with Gasteiger partial charge in [-0.3, -0.25) is 4.79 Å². The minimum Gasteiger partial charge on any atom is -0.472 e. The molecule has 0 aliphatic rings. The van der Waals surface area contributed by atoms with Crippen LogP contribution in [-0.2, 0) is 6.54 Å². The van der Waals surface area contributed by atoms with Crippen LogP contribution in [0.2, 0.25) is 0 Å². The Labute approximate surface area is 99.6 Å². The summed E-state index contributed by atoms with van der Waals surface area (Å²) in [5.41, 5.74) is 7.83. The Morgan fingerprint density at radius 1 is 1.29 bits per heavy atom. The molecule has 2 N–H and O–H groups in total. The van der Waals surface area contributed by atoms with E-state index in [4.69, 9.17) is 10.2 Å². The van der Waals surface area contributed by atoms with E-state index in [9.17, 15) is 4.79 Å². The Morgan fingerprint density at radius 2 is 2.00 bits per heavy atom. The largest absolute Gasteiger partial charge is 0.472 e. The third-order valence-electron chi connectivity index (χ3n) is 2.50. The van der Waals surface area contributed by atoms with Crippen LogP contribution >= 0.6 is 0 Å². The number of nitrogens with zero attached hydrogens (tertiary/aromatic N) is 1. The number of furan rings is 1. The third kappa shape index (κ3) is 2.66. The highest BCUT2D eigenvalue weighted by atomic mass is 16.3. The van der Waals surface area contributed by atoms with Crippen LogP contribution in [0, 0.1) is 0 Å². The monoisotopic (exact) mass is 230 g/mol. The Balaban J connectivity index is 2.07. The van der Waals surface area contributed by atoms with E-state index < -0.39 is 0 Å². The van der Waals surface area contributed by atoms with E-state index in [1.165, 1.54) is 0 Å². The molecule has 1 aromatic heterocycles. The van der Waals surface area contributed by atoms with Crippen molar-refractivity contribution in [2.24, 2.45) is 0 Å². The average Bonchev–Trinajstić information content (AvgIpc) is 2.82. The Hall–Kier alpha value is -2.23. The molecule has 0 saturated heterocycles. The summed E-state index contributed by atoms with van der Waals surface area (Å²) in [5, 5.41) is 0. The molecule has 0 saturated carbocycles. The molecule has 4 heteroatoms. The van der Waals surface area contributed by atoms with Crippen molar-refractivity contribution >= 4 is 11.6 Å². The molecule has 0 aliphatic carbocycles. The van der Waals surface area contributed by atoms with E-state index in [1.807, 2.05) is 6.07 Å². The first-order valence-corrected chi connectivity index (χ1v) is 5.29. The number of carbonyl (C=O) groups is 1. The van der Waals surface area contributed by atoms with Gasteiger partial charge in [0, 0.05) is 30.4 Å². The van der Waals surface area contributed by atoms with E-state index in [1.54, 1.807) is 48.7 Å². The smallest absolute Gasteiger partial charge is 0.253 e. The van der Waals surface area contributed by atoms with Crippen molar-refractivity contribution in [3.63, 3.8) is 0 Å². The molecular formula is C13H14N2O2. The maximum absolute atomic E-state index is 12.0. The van der Waals surface area contributed by atoms with E-state index >= 15 is 0 Å². The predicted molar refractivity (Wildman–Crippen MR) is 65.4 cm³/mol. The second kappa shape index (κ2) is 4.74. The van der Waals surface area contributed by atoms with Crippen LogP contribution in [0.5, 0.6) is 0 Å². The number of anilines is 1. The van der Waals surface area contributed by atoms with Crippen molar-refractivity contribution in [3.8, 4) is 0 Å². The Bertz CT molecular complexity index is 489. The number of hydrogen-bond acceptors (Lipinski definition) is 3. The summed E-state index contributed by atoms with van der Waals surface area (Å²) < 4.78 is 4.96. The predicted octanol–water partition coefficient (Wildman–Crippen LogP) is 2.13. The number of rotatable bonds is 3. The van der Waals surface area contributed by atoms with E-state index in [0.29, 0.717) is 17.8 Å². The maximum atomic E-state index is 12.0. The van der Waals surface area contributed by atoms with Crippen molar-refractivity contribution in [2.75, 3.05) is 12.8 Å². The number of amides is 1. The lowest BCUT2D eigenvalue weighted by atomic mass is 10.2. The molecule has 0 unspecified atom stereocenters. The number of nitrogens with two attached hydrogens (primary N) is 1. The Kier molecular flexibility index (Phi) is 3.14. The first-order chi connectivity index (χ1) is 8.16. The van der Waals surface area contributed by atoms with E-state index in [0.717, 1.165) is 5.56 Å². The van der Waals surface area contributed by atoms with Gasteiger partial charge in [0.25, 0.3) is 5.91 Å². The highest BCUT2D eigenvalue weighted by molar-refractivity contribution is 5.94. The van der Waals surface area contributed by atoms with Gasteiger partial charge < -0.3 is 15.1 Å². The third-order valence-corrected chi connectivity index (χ3v) is 2.50. The molecular weight excluding hydrogens is 216 g/mol. The standard InChI is InChI=1S/C13H14N2O2/c1-15(8-10-6-7-17-9-10)13(16)11-2-4-12(14)5-3-11/h2-7,9H,8,14H2,1H3. The zero-order chi connectivity index (χ0) is 12.3. The van der Waals surface area contributed by atoms with Crippen molar-refractivity contribution < 1.29 is 9.21 Å². The van der Waals surface area contributed by atoms with Gasteiger partial charge in [-0.2, -0.15) is 0 Å². The molecule has 0 aliphatic heterocycles. The summed E-state index contributed by atoms with van der Waals surface area (Å²) in [6, 6.07) is 8.73. The zero-order valence-electron chi connectivity index (χ0n) is 9.59. The van der Waals surface area contributed by atoms with Gasteiger partial charge in [-0.05, 0) is 30.3 Å². The molecule has 1 amide bonds. The summed E-state index contributed by atoms with van der Waals surface area (Å²) >= 11 is 0. The minimum atomic E-state index is -0.0359. The molecule has 2 aromatic rings. The summed E-state index contributed by atoms with van der Waals surface area (Å²) in [6.45, 7) is 0.527. The normalized spacial score (nSPS) is 10.2. The van der Waals surface area contributed by atoms with Crippen LogP contribution in [0.4, 0.5) is 5.69 Å². The minimum absolute atomic E-state index is 0.0359. The SMILES string of the molecule is CN(Cc1ccoc1)C(=O)c1ccc(N)cc1. The summed E-state index contributed by atoms with van der Waals surface area (Å²) in [5.74, 6) is -0.0359. The maximum Gasteiger partial charge on any atom is 0.253 e. The fourth-order valence-electron chi connectivity index (χ4n) is 1.57. The van der Waals surface area contributed by atoms with Gasteiger partial charge >= 0.3 is 0 Å². The van der Waals surface area contributed by atoms with Crippen molar-refractivity contribution in [2.45, 2.75) is 6.54 Å². The molecule has 88 valence electrons. The lowest BCUT2D eigenvalue weighted by molar-refractivity contribution is 0.0785. The first kappa shape index (κ1) is 11.3. The van der Waals surface area contributed by atoms with Crippen molar-refractivity contribution in [3.05, 3.63) is 54.0 Å². The van der Waals surface area contributed by atoms with E-state index in [-0.39, 0.29) is 5.91 Å². The van der Waals surface area contributed by atoms with Crippen molar-refractivity contribution in [1.82, 2.24) is 4.90 Å².